The van der Waals surface area contributed by atoms with Gasteiger partial charge in [-0.15, -0.1) is 0 Å². The molecular weight excluding hydrogens is 414 g/mol. The van der Waals surface area contributed by atoms with Crippen LogP contribution in [-0.4, -0.2) is 44.8 Å². The monoisotopic (exact) mass is 433 g/mol. The lowest BCUT2D eigenvalue weighted by Crippen LogP contribution is -2.32. The number of nitrogens with zero attached hydrogens (tertiary/aromatic N) is 1. The van der Waals surface area contributed by atoms with Crippen molar-refractivity contribution in [2.45, 2.75) is 18.5 Å². The van der Waals surface area contributed by atoms with Crippen LogP contribution in [-0.2, 0) is 26.9 Å². The molecule has 0 unspecified atom stereocenters. The first kappa shape index (κ1) is 22.7. The van der Waals surface area contributed by atoms with Gasteiger partial charge in [-0.1, -0.05) is 30.3 Å². The van der Waals surface area contributed by atoms with Crippen LogP contribution in [0.3, 0.4) is 0 Å². The third-order valence-corrected chi connectivity index (χ3v) is 5.31. The number of benzene rings is 2. The van der Waals surface area contributed by atoms with Gasteiger partial charge in [-0.25, -0.2) is 12.8 Å². The maximum Gasteiger partial charge on any atom is 0.422 e. The van der Waals surface area contributed by atoms with E-state index >= 15 is 0 Å². The molecule has 10 heteroatoms. The summed E-state index contributed by atoms with van der Waals surface area (Å²) >= 11 is 0. The van der Waals surface area contributed by atoms with Gasteiger partial charge in [-0.2, -0.15) is 13.2 Å². The van der Waals surface area contributed by atoms with Crippen LogP contribution < -0.4 is 4.74 Å². The first-order valence-electron chi connectivity index (χ1n) is 8.41. The number of sulfone groups is 1. The van der Waals surface area contributed by atoms with E-state index in [9.17, 15) is 30.8 Å². The van der Waals surface area contributed by atoms with Crippen molar-refractivity contribution in [2.24, 2.45) is 0 Å². The Morgan fingerprint density at radius 2 is 1.69 bits per heavy atom. The predicted octanol–water partition coefficient (Wildman–Crippen LogP) is 3.34. The van der Waals surface area contributed by atoms with Crippen molar-refractivity contribution in [3.8, 4) is 5.75 Å². The van der Waals surface area contributed by atoms with Gasteiger partial charge in [0.25, 0.3) is 0 Å². The van der Waals surface area contributed by atoms with Crippen LogP contribution in [0.1, 0.15) is 11.1 Å². The fourth-order valence-electron chi connectivity index (χ4n) is 2.42. The minimum absolute atomic E-state index is 0.0517. The second-order valence-electron chi connectivity index (χ2n) is 6.42. The quantitative estimate of drug-likeness (QED) is 0.599. The summed E-state index contributed by atoms with van der Waals surface area (Å²) in [6.07, 6.45) is -4.48. The normalized spacial score (nSPS) is 11.9. The molecule has 0 aliphatic carbocycles. The molecule has 0 saturated carbocycles. The molecule has 2 aromatic rings. The summed E-state index contributed by atoms with van der Waals surface area (Å²) in [6, 6.07) is 10.9. The number of ether oxygens (including phenoxy) is 1. The number of hydrogen-bond acceptors (Lipinski definition) is 4. The molecule has 0 fully saturated rings. The van der Waals surface area contributed by atoms with Crippen LogP contribution in [0.2, 0.25) is 0 Å². The van der Waals surface area contributed by atoms with Crippen LogP contribution in [0.15, 0.2) is 48.5 Å². The van der Waals surface area contributed by atoms with Crippen molar-refractivity contribution in [1.29, 1.82) is 0 Å². The molecule has 0 atom stereocenters. The molecule has 0 N–H and O–H groups in total. The highest BCUT2D eigenvalue weighted by molar-refractivity contribution is 7.91. The zero-order valence-corrected chi connectivity index (χ0v) is 16.3. The molecule has 0 bridgehead atoms. The lowest BCUT2D eigenvalue weighted by Gasteiger charge is -2.17. The van der Waals surface area contributed by atoms with Gasteiger partial charge in [0.05, 0.1) is 5.75 Å². The van der Waals surface area contributed by atoms with Gasteiger partial charge in [0.2, 0.25) is 5.91 Å². The van der Waals surface area contributed by atoms with E-state index in [1.165, 1.54) is 49.5 Å². The van der Waals surface area contributed by atoms with Crippen molar-refractivity contribution in [3.63, 3.8) is 0 Å². The summed E-state index contributed by atoms with van der Waals surface area (Å²) in [5.74, 6) is -2.48. The molecule has 0 radical (unpaired) electrons. The van der Waals surface area contributed by atoms with Crippen LogP contribution >= 0.6 is 0 Å². The number of hydrogen-bond donors (Lipinski definition) is 0. The van der Waals surface area contributed by atoms with E-state index in [-0.39, 0.29) is 17.9 Å². The Labute approximate surface area is 165 Å². The van der Waals surface area contributed by atoms with Crippen LogP contribution in [0.5, 0.6) is 5.75 Å². The average molecular weight is 433 g/mol. The van der Waals surface area contributed by atoms with Gasteiger partial charge in [0.15, 0.2) is 16.4 Å². The summed E-state index contributed by atoms with van der Waals surface area (Å²) in [4.78, 5) is 13.3. The van der Waals surface area contributed by atoms with Gasteiger partial charge in [-0.05, 0) is 23.8 Å². The lowest BCUT2D eigenvalue weighted by molar-refractivity contribution is -0.153. The fraction of sp³-hybridized carbons (Fsp3) is 0.316. The Hall–Kier alpha value is -2.62. The van der Waals surface area contributed by atoms with Crippen molar-refractivity contribution >= 4 is 15.7 Å². The summed E-state index contributed by atoms with van der Waals surface area (Å²) in [6.45, 7) is -1.53. The van der Waals surface area contributed by atoms with Gasteiger partial charge in [0, 0.05) is 19.2 Å². The highest BCUT2D eigenvalue weighted by atomic mass is 32.2. The average Bonchev–Trinajstić information content (AvgIpc) is 2.61. The maximum atomic E-state index is 13.7. The van der Waals surface area contributed by atoms with E-state index in [1.807, 2.05) is 0 Å². The minimum atomic E-state index is -4.48. The van der Waals surface area contributed by atoms with Gasteiger partial charge in [-0.3, -0.25) is 4.79 Å². The molecule has 29 heavy (non-hydrogen) atoms. The smallest absolute Gasteiger partial charge is 0.422 e. The van der Waals surface area contributed by atoms with Crippen molar-refractivity contribution in [1.82, 2.24) is 4.90 Å². The fourth-order valence-corrected chi connectivity index (χ4v) is 3.82. The summed E-state index contributed by atoms with van der Waals surface area (Å²) in [5, 5.41) is 0. The van der Waals surface area contributed by atoms with E-state index in [0.717, 1.165) is 4.90 Å². The van der Waals surface area contributed by atoms with Crippen LogP contribution in [0.25, 0.3) is 0 Å². The molecular formula is C19H19F4NO4S. The maximum absolute atomic E-state index is 13.7. The molecule has 2 aromatic carbocycles. The molecule has 1 amide bonds. The third kappa shape index (κ3) is 7.72. The lowest BCUT2D eigenvalue weighted by atomic mass is 10.2. The van der Waals surface area contributed by atoms with Crippen LogP contribution in [0.4, 0.5) is 17.6 Å². The highest BCUT2D eigenvalue weighted by Gasteiger charge is 2.28. The largest absolute Gasteiger partial charge is 0.484 e. The van der Waals surface area contributed by atoms with E-state index in [4.69, 9.17) is 0 Å². The van der Waals surface area contributed by atoms with Gasteiger partial charge >= 0.3 is 6.18 Å². The minimum Gasteiger partial charge on any atom is -0.484 e. The second-order valence-corrected chi connectivity index (χ2v) is 8.49. The van der Waals surface area contributed by atoms with E-state index < -0.39 is 45.9 Å². The molecule has 0 heterocycles. The number of carbonyl (C=O) groups is 1. The molecule has 5 nitrogen and oxygen atoms in total. The van der Waals surface area contributed by atoms with Gasteiger partial charge in [0.1, 0.15) is 17.3 Å². The van der Waals surface area contributed by atoms with E-state index in [1.54, 1.807) is 6.07 Å². The Morgan fingerprint density at radius 1 is 1.07 bits per heavy atom. The van der Waals surface area contributed by atoms with E-state index in [2.05, 4.69) is 4.74 Å². The molecule has 2 rings (SSSR count). The summed E-state index contributed by atoms with van der Waals surface area (Å²) in [5.41, 5.74) is 0.559. The standard InChI is InChI=1S/C19H19F4NO4S/c1-24(10-15-4-2-3-5-17(15)20)18(25)12-29(26,27)11-14-6-8-16(9-7-14)28-13-19(21,22)23/h2-9H,10-13H2,1H3. The predicted molar refractivity (Wildman–Crippen MR) is 98.4 cm³/mol. The number of alkyl halides is 3. The SMILES string of the molecule is CN(Cc1ccccc1F)C(=O)CS(=O)(=O)Cc1ccc(OCC(F)(F)F)cc1. The van der Waals surface area contributed by atoms with Crippen molar-refractivity contribution < 1.29 is 35.5 Å². The summed E-state index contributed by atoms with van der Waals surface area (Å²) < 4.78 is 79.1. The van der Waals surface area contributed by atoms with Gasteiger partial charge < -0.3 is 9.64 Å². The first-order chi connectivity index (χ1) is 13.5. The highest BCUT2D eigenvalue weighted by Crippen LogP contribution is 2.20. The number of halogens is 4. The second kappa shape index (κ2) is 9.25. The Morgan fingerprint density at radius 3 is 2.28 bits per heavy atom. The van der Waals surface area contributed by atoms with Crippen molar-refractivity contribution in [3.05, 3.63) is 65.5 Å². The zero-order valence-electron chi connectivity index (χ0n) is 15.4. The van der Waals surface area contributed by atoms with Crippen LogP contribution in [0, 0.1) is 5.82 Å². The number of carbonyl (C=O) groups excluding carboxylic acids is 1. The topological polar surface area (TPSA) is 63.7 Å². The molecule has 0 aromatic heterocycles. The Kier molecular flexibility index (Phi) is 7.23. The van der Waals surface area contributed by atoms with E-state index in [0.29, 0.717) is 5.56 Å². The third-order valence-electron chi connectivity index (χ3n) is 3.85. The molecule has 0 saturated heterocycles. The zero-order chi connectivity index (χ0) is 21.7. The summed E-state index contributed by atoms with van der Waals surface area (Å²) in [7, 11) is -2.46. The molecule has 158 valence electrons. The molecule has 0 aliphatic heterocycles. The van der Waals surface area contributed by atoms with Crippen molar-refractivity contribution in [2.75, 3.05) is 19.4 Å². The number of amides is 1. The Balaban J connectivity index is 1.93. The first-order valence-corrected chi connectivity index (χ1v) is 10.2. The molecule has 0 spiro atoms. The number of rotatable bonds is 8. The molecule has 0 aliphatic rings. The Bertz CT molecular complexity index is 943.